The van der Waals surface area contributed by atoms with Gasteiger partial charge in [-0.1, -0.05) is 0 Å². The molecule has 0 saturated heterocycles. The van der Waals surface area contributed by atoms with E-state index in [-0.39, 0.29) is 12.2 Å². The summed E-state index contributed by atoms with van der Waals surface area (Å²) in [6.07, 6.45) is -0.692. The second-order valence-electron chi connectivity index (χ2n) is 2.95. The van der Waals surface area contributed by atoms with Gasteiger partial charge in [-0.3, -0.25) is 0 Å². The Bertz CT molecular complexity index is 328. The number of hydrogen-bond donors (Lipinski definition) is 2. The molecule has 1 aromatic carbocycles. The maximum Gasteiger partial charge on any atom is 0.196 e. The molecule has 0 bridgehead atoms. The van der Waals surface area contributed by atoms with Crippen LogP contribution >= 0.6 is 0 Å². The molecule has 0 aliphatic carbocycles. The van der Waals surface area contributed by atoms with Crippen molar-refractivity contribution in [2.45, 2.75) is 13.0 Å². The lowest BCUT2D eigenvalue weighted by atomic mass is 10.2. The smallest absolute Gasteiger partial charge is 0.196 e. The first-order chi connectivity index (χ1) is 6.52. The number of aliphatic hydroxyl groups is 1. The zero-order valence-corrected chi connectivity index (χ0v) is 7.52. The van der Waals surface area contributed by atoms with Gasteiger partial charge in [-0.15, -0.1) is 0 Å². The minimum Gasteiger partial charge on any atom is -0.392 e. The fraction of sp³-hybridized carbons (Fsp3) is 0.333. The second kappa shape index (κ2) is 4.32. The Kier molecular flexibility index (Phi) is 3.35. The second-order valence-corrected chi connectivity index (χ2v) is 2.95. The first-order valence-corrected chi connectivity index (χ1v) is 4.07. The number of aliphatic hydroxyl groups excluding tert-OH is 1. The summed E-state index contributed by atoms with van der Waals surface area (Å²) in [5.41, 5.74) is -0.162. The molecule has 2 N–H and O–H groups in total. The fourth-order valence-electron chi connectivity index (χ4n) is 0.920. The molecule has 0 aliphatic heterocycles. The van der Waals surface area contributed by atoms with Crippen LogP contribution in [0.5, 0.6) is 0 Å². The van der Waals surface area contributed by atoms with Crippen LogP contribution in [0.4, 0.5) is 18.9 Å². The molecule has 0 saturated carbocycles. The van der Waals surface area contributed by atoms with E-state index in [1.165, 1.54) is 6.92 Å². The fourth-order valence-corrected chi connectivity index (χ4v) is 0.920. The molecule has 1 unspecified atom stereocenters. The maximum absolute atomic E-state index is 13.0. The van der Waals surface area contributed by atoms with E-state index in [1.807, 2.05) is 0 Å². The lowest BCUT2D eigenvalue weighted by Gasteiger charge is -2.09. The van der Waals surface area contributed by atoms with Crippen LogP contribution in [-0.2, 0) is 0 Å². The van der Waals surface area contributed by atoms with E-state index in [9.17, 15) is 13.2 Å². The van der Waals surface area contributed by atoms with Gasteiger partial charge in [0, 0.05) is 6.54 Å². The van der Waals surface area contributed by atoms with E-state index in [1.54, 1.807) is 0 Å². The van der Waals surface area contributed by atoms with Crippen LogP contribution in [0, 0.1) is 17.5 Å². The zero-order chi connectivity index (χ0) is 10.7. The zero-order valence-electron chi connectivity index (χ0n) is 7.52. The monoisotopic (exact) mass is 205 g/mol. The molecule has 0 spiro atoms. The Labute approximate surface area is 79.4 Å². The standard InChI is InChI=1S/C9H10F3NO/c1-5(14)4-13-7-3-2-6(10)8(11)9(7)12/h2-3,5,13-14H,4H2,1H3. The van der Waals surface area contributed by atoms with Crippen LogP contribution in [0.1, 0.15) is 6.92 Å². The highest BCUT2D eigenvalue weighted by molar-refractivity contribution is 5.45. The highest BCUT2D eigenvalue weighted by Gasteiger charge is 2.12. The van der Waals surface area contributed by atoms with E-state index < -0.39 is 23.6 Å². The quantitative estimate of drug-likeness (QED) is 0.738. The van der Waals surface area contributed by atoms with Crippen LogP contribution in [0.15, 0.2) is 12.1 Å². The van der Waals surface area contributed by atoms with Crippen molar-refractivity contribution in [3.8, 4) is 0 Å². The van der Waals surface area contributed by atoms with Crippen molar-refractivity contribution in [3.05, 3.63) is 29.6 Å². The number of hydrogen-bond acceptors (Lipinski definition) is 2. The number of nitrogens with one attached hydrogen (secondary N) is 1. The molecule has 5 heteroatoms. The highest BCUT2D eigenvalue weighted by atomic mass is 19.2. The predicted octanol–water partition coefficient (Wildman–Crippen LogP) is 1.90. The number of anilines is 1. The van der Waals surface area contributed by atoms with Crippen molar-refractivity contribution in [2.75, 3.05) is 11.9 Å². The Morgan fingerprint density at radius 2 is 1.93 bits per heavy atom. The summed E-state index contributed by atoms with van der Waals surface area (Å²) in [6, 6.07) is 1.90. The van der Waals surface area contributed by atoms with Gasteiger partial charge in [-0.2, -0.15) is 0 Å². The van der Waals surface area contributed by atoms with Gasteiger partial charge in [0.25, 0.3) is 0 Å². The first-order valence-electron chi connectivity index (χ1n) is 4.07. The number of benzene rings is 1. The van der Waals surface area contributed by atoms with E-state index in [2.05, 4.69) is 5.32 Å². The Hall–Kier alpha value is -1.23. The molecule has 0 heterocycles. The summed E-state index contributed by atoms with van der Waals surface area (Å²) in [7, 11) is 0. The topological polar surface area (TPSA) is 32.3 Å². The third kappa shape index (κ3) is 2.38. The number of halogens is 3. The van der Waals surface area contributed by atoms with Crippen molar-refractivity contribution >= 4 is 5.69 Å². The maximum atomic E-state index is 13.0. The van der Waals surface area contributed by atoms with Crippen molar-refractivity contribution in [1.82, 2.24) is 0 Å². The van der Waals surface area contributed by atoms with E-state index in [4.69, 9.17) is 5.11 Å². The predicted molar refractivity (Wildman–Crippen MR) is 46.5 cm³/mol. The summed E-state index contributed by atoms with van der Waals surface area (Å²) in [4.78, 5) is 0. The number of rotatable bonds is 3. The largest absolute Gasteiger partial charge is 0.392 e. The molecule has 2 nitrogen and oxygen atoms in total. The van der Waals surface area contributed by atoms with Gasteiger partial charge in [0.05, 0.1) is 11.8 Å². The van der Waals surface area contributed by atoms with Gasteiger partial charge in [0.1, 0.15) is 0 Å². The van der Waals surface area contributed by atoms with Crippen molar-refractivity contribution < 1.29 is 18.3 Å². The van der Waals surface area contributed by atoms with E-state index in [0.717, 1.165) is 12.1 Å². The summed E-state index contributed by atoms with van der Waals surface area (Å²) in [5, 5.41) is 11.3. The molecule has 0 aliphatic rings. The molecule has 0 amide bonds. The highest BCUT2D eigenvalue weighted by Crippen LogP contribution is 2.19. The van der Waals surface area contributed by atoms with Crippen LogP contribution < -0.4 is 5.32 Å². The average molecular weight is 205 g/mol. The van der Waals surface area contributed by atoms with E-state index in [0.29, 0.717) is 0 Å². The van der Waals surface area contributed by atoms with Gasteiger partial charge < -0.3 is 10.4 Å². The molecular formula is C9H10F3NO. The van der Waals surface area contributed by atoms with Gasteiger partial charge in [0.2, 0.25) is 0 Å². The van der Waals surface area contributed by atoms with Crippen LogP contribution in [-0.4, -0.2) is 17.8 Å². The van der Waals surface area contributed by atoms with E-state index >= 15 is 0 Å². The molecule has 14 heavy (non-hydrogen) atoms. The minimum atomic E-state index is -1.51. The molecule has 0 fully saturated rings. The van der Waals surface area contributed by atoms with Crippen LogP contribution in [0.3, 0.4) is 0 Å². The first kappa shape index (κ1) is 10.8. The van der Waals surface area contributed by atoms with Gasteiger partial charge in [0.15, 0.2) is 17.5 Å². The third-order valence-corrected chi connectivity index (χ3v) is 1.62. The Morgan fingerprint density at radius 1 is 1.29 bits per heavy atom. The average Bonchev–Trinajstić information content (AvgIpc) is 2.13. The third-order valence-electron chi connectivity index (χ3n) is 1.62. The minimum absolute atomic E-state index is 0.0714. The molecule has 1 atom stereocenters. The van der Waals surface area contributed by atoms with Crippen LogP contribution in [0.25, 0.3) is 0 Å². The SMILES string of the molecule is CC(O)CNc1ccc(F)c(F)c1F. The Morgan fingerprint density at radius 3 is 2.50 bits per heavy atom. The Balaban J connectivity index is 2.83. The molecule has 78 valence electrons. The van der Waals surface area contributed by atoms with Crippen molar-refractivity contribution in [2.24, 2.45) is 0 Å². The summed E-state index contributed by atoms with van der Waals surface area (Å²) in [5.74, 6) is -4.02. The summed E-state index contributed by atoms with van der Waals surface area (Å²) in [6.45, 7) is 1.56. The van der Waals surface area contributed by atoms with Crippen molar-refractivity contribution in [1.29, 1.82) is 0 Å². The van der Waals surface area contributed by atoms with Gasteiger partial charge in [-0.05, 0) is 19.1 Å². The molecule has 1 aromatic rings. The molecule has 0 aromatic heterocycles. The molecule has 0 radical (unpaired) electrons. The lowest BCUT2D eigenvalue weighted by molar-refractivity contribution is 0.208. The van der Waals surface area contributed by atoms with Crippen molar-refractivity contribution in [3.63, 3.8) is 0 Å². The summed E-state index contributed by atoms with van der Waals surface area (Å²) < 4.78 is 38.1. The van der Waals surface area contributed by atoms with Gasteiger partial charge in [-0.25, -0.2) is 13.2 Å². The molecule has 1 rings (SSSR count). The summed E-state index contributed by atoms with van der Waals surface area (Å²) >= 11 is 0. The van der Waals surface area contributed by atoms with Crippen LogP contribution in [0.2, 0.25) is 0 Å². The molecular weight excluding hydrogens is 195 g/mol. The lowest BCUT2D eigenvalue weighted by Crippen LogP contribution is -2.16. The van der Waals surface area contributed by atoms with Gasteiger partial charge >= 0.3 is 0 Å². The normalized spacial score (nSPS) is 12.6.